The van der Waals surface area contributed by atoms with Gasteiger partial charge in [-0.05, 0) is 65.7 Å². The lowest BCUT2D eigenvalue weighted by Gasteiger charge is -2.34. The third-order valence-corrected chi connectivity index (χ3v) is 6.89. The number of aromatic nitrogens is 2. The number of rotatable bonds is 5. The second-order valence-electron chi connectivity index (χ2n) is 7.56. The Bertz CT molecular complexity index is 1000. The van der Waals surface area contributed by atoms with Crippen LogP contribution in [0.4, 0.5) is 0 Å². The molecule has 3 heterocycles. The lowest BCUT2D eigenvalue weighted by molar-refractivity contribution is 0.0629. The minimum atomic E-state index is 0.124. The van der Waals surface area contributed by atoms with Gasteiger partial charge in [-0.3, -0.25) is 14.4 Å². The van der Waals surface area contributed by atoms with Crippen LogP contribution < -0.4 is 0 Å². The number of nitrogens with zero attached hydrogens (tertiary/aromatic N) is 4. The summed E-state index contributed by atoms with van der Waals surface area (Å²) in [4.78, 5) is 18.8. The summed E-state index contributed by atoms with van der Waals surface area (Å²) < 4.78 is 3.15. The van der Waals surface area contributed by atoms with Gasteiger partial charge in [0.25, 0.3) is 5.91 Å². The third-order valence-electron chi connectivity index (χ3n) is 5.28. The van der Waals surface area contributed by atoms with Gasteiger partial charge in [-0.1, -0.05) is 12.1 Å². The van der Waals surface area contributed by atoms with Crippen molar-refractivity contribution < 1.29 is 4.79 Å². The normalized spacial score (nSPS) is 15.1. The van der Waals surface area contributed by atoms with Crippen molar-refractivity contribution in [3.05, 3.63) is 73.6 Å². The second-order valence-corrected chi connectivity index (χ2v) is 10.1. The SMILES string of the molecule is Cc1cc(C)n(Cc2cccc(C(=O)N3CCN(Cc4ccc(Br)s4)CC3)c2)n1. The number of aryl methyl sites for hydroxylation is 2. The predicted molar refractivity (Wildman–Crippen MR) is 120 cm³/mol. The zero-order valence-electron chi connectivity index (χ0n) is 16.8. The molecule has 1 aliphatic rings. The summed E-state index contributed by atoms with van der Waals surface area (Å²) in [7, 11) is 0. The molecule has 7 heteroatoms. The molecular formula is C22H25BrN4OS. The maximum Gasteiger partial charge on any atom is 0.253 e. The van der Waals surface area contributed by atoms with E-state index in [1.807, 2.05) is 34.7 Å². The lowest BCUT2D eigenvalue weighted by Crippen LogP contribution is -2.48. The van der Waals surface area contributed by atoms with E-state index in [4.69, 9.17) is 0 Å². The molecule has 152 valence electrons. The van der Waals surface area contributed by atoms with Gasteiger partial charge in [-0.15, -0.1) is 11.3 Å². The van der Waals surface area contributed by atoms with Crippen LogP contribution in [0, 0.1) is 13.8 Å². The first kappa shape index (κ1) is 20.3. The molecule has 1 aromatic carbocycles. The number of carbonyl (C=O) groups excluding carboxylic acids is 1. The van der Waals surface area contributed by atoms with Crippen molar-refractivity contribution in [2.45, 2.75) is 26.9 Å². The second kappa shape index (κ2) is 8.81. The summed E-state index contributed by atoms with van der Waals surface area (Å²) in [5.74, 6) is 0.124. The number of amides is 1. The maximum absolute atomic E-state index is 13.0. The number of thiophene rings is 1. The highest BCUT2D eigenvalue weighted by molar-refractivity contribution is 9.11. The molecule has 4 rings (SSSR count). The predicted octanol–water partition coefficient (Wildman–Crippen LogP) is 4.33. The smallest absolute Gasteiger partial charge is 0.253 e. The van der Waals surface area contributed by atoms with Crippen molar-refractivity contribution in [2.24, 2.45) is 0 Å². The van der Waals surface area contributed by atoms with Crippen molar-refractivity contribution in [2.75, 3.05) is 26.2 Å². The molecule has 0 bridgehead atoms. The highest BCUT2D eigenvalue weighted by Crippen LogP contribution is 2.24. The Morgan fingerprint density at radius 3 is 2.52 bits per heavy atom. The van der Waals surface area contributed by atoms with Crippen LogP contribution in [0.25, 0.3) is 0 Å². The molecule has 0 spiro atoms. The first-order chi connectivity index (χ1) is 14.0. The fourth-order valence-electron chi connectivity index (χ4n) is 3.76. The molecule has 1 amide bonds. The van der Waals surface area contributed by atoms with Gasteiger partial charge in [0.1, 0.15) is 0 Å². The molecule has 2 aromatic heterocycles. The van der Waals surface area contributed by atoms with Gasteiger partial charge in [-0.25, -0.2) is 0 Å². The third kappa shape index (κ3) is 4.97. The largest absolute Gasteiger partial charge is 0.336 e. The minimum absolute atomic E-state index is 0.124. The van der Waals surface area contributed by atoms with E-state index in [0.29, 0.717) is 6.54 Å². The summed E-state index contributed by atoms with van der Waals surface area (Å²) in [5.41, 5.74) is 4.01. The van der Waals surface area contributed by atoms with Crippen molar-refractivity contribution in [3.8, 4) is 0 Å². The summed E-state index contributed by atoms with van der Waals surface area (Å²) in [6, 6.07) is 14.3. The quantitative estimate of drug-likeness (QED) is 0.554. The number of benzene rings is 1. The first-order valence-electron chi connectivity index (χ1n) is 9.84. The Hall–Kier alpha value is -1.96. The van der Waals surface area contributed by atoms with E-state index in [9.17, 15) is 4.79 Å². The lowest BCUT2D eigenvalue weighted by atomic mass is 10.1. The van der Waals surface area contributed by atoms with Crippen LogP contribution in [0.3, 0.4) is 0 Å². The van der Waals surface area contributed by atoms with E-state index >= 15 is 0 Å². The fourth-order valence-corrected chi connectivity index (χ4v) is 5.29. The van der Waals surface area contributed by atoms with Gasteiger partial charge in [-0.2, -0.15) is 5.10 Å². The van der Waals surface area contributed by atoms with Crippen LogP contribution in [-0.4, -0.2) is 51.7 Å². The topological polar surface area (TPSA) is 41.4 Å². The van der Waals surface area contributed by atoms with Gasteiger partial charge in [0.15, 0.2) is 0 Å². The van der Waals surface area contributed by atoms with Crippen LogP contribution in [0.15, 0.2) is 46.3 Å². The highest BCUT2D eigenvalue weighted by Gasteiger charge is 2.22. The zero-order chi connectivity index (χ0) is 20.4. The van der Waals surface area contributed by atoms with E-state index in [1.165, 1.54) is 8.66 Å². The van der Waals surface area contributed by atoms with Crippen LogP contribution in [0.5, 0.6) is 0 Å². The molecular weight excluding hydrogens is 448 g/mol. The van der Waals surface area contributed by atoms with Crippen LogP contribution >= 0.6 is 27.3 Å². The van der Waals surface area contributed by atoms with Gasteiger partial charge in [0, 0.05) is 48.9 Å². The van der Waals surface area contributed by atoms with E-state index in [1.54, 1.807) is 11.3 Å². The molecule has 3 aromatic rings. The van der Waals surface area contributed by atoms with Crippen molar-refractivity contribution >= 4 is 33.2 Å². The van der Waals surface area contributed by atoms with E-state index in [2.05, 4.69) is 57.1 Å². The average molecular weight is 473 g/mol. The minimum Gasteiger partial charge on any atom is -0.336 e. The number of carbonyl (C=O) groups is 1. The number of hydrogen-bond acceptors (Lipinski definition) is 4. The Labute approximate surface area is 184 Å². The first-order valence-corrected chi connectivity index (χ1v) is 11.4. The summed E-state index contributed by atoms with van der Waals surface area (Å²) in [5, 5.41) is 4.53. The monoisotopic (exact) mass is 472 g/mol. The molecule has 0 atom stereocenters. The number of halogens is 1. The molecule has 5 nitrogen and oxygen atoms in total. The molecule has 1 aliphatic heterocycles. The Morgan fingerprint density at radius 1 is 1.07 bits per heavy atom. The van der Waals surface area contributed by atoms with E-state index in [-0.39, 0.29) is 5.91 Å². The molecule has 0 aliphatic carbocycles. The van der Waals surface area contributed by atoms with Crippen molar-refractivity contribution in [1.29, 1.82) is 0 Å². The number of piperazine rings is 1. The molecule has 0 radical (unpaired) electrons. The summed E-state index contributed by atoms with van der Waals surface area (Å²) >= 11 is 5.30. The molecule has 0 N–H and O–H groups in total. The van der Waals surface area contributed by atoms with Crippen LogP contribution in [0.2, 0.25) is 0 Å². The zero-order valence-corrected chi connectivity index (χ0v) is 19.2. The van der Waals surface area contributed by atoms with Crippen molar-refractivity contribution in [3.63, 3.8) is 0 Å². The Balaban J connectivity index is 1.37. The van der Waals surface area contributed by atoms with Crippen LogP contribution in [0.1, 0.15) is 32.2 Å². The fraction of sp³-hybridized carbons (Fsp3) is 0.364. The molecule has 0 unspecified atom stereocenters. The van der Waals surface area contributed by atoms with Gasteiger partial charge < -0.3 is 4.90 Å². The molecule has 29 heavy (non-hydrogen) atoms. The molecule has 1 fully saturated rings. The maximum atomic E-state index is 13.0. The highest BCUT2D eigenvalue weighted by atomic mass is 79.9. The van der Waals surface area contributed by atoms with Gasteiger partial charge in [0.05, 0.1) is 16.0 Å². The summed E-state index contributed by atoms with van der Waals surface area (Å²) in [6.45, 7) is 9.06. The Kier molecular flexibility index (Phi) is 6.18. The standard InChI is InChI=1S/C22H25BrN4OS/c1-16-12-17(2)27(24-16)14-18-4-3-5-19(13-18)22(28)26-10-8-25(9-11-26)15-20-6-7-21(23)29-20/h3-7,12-13H,8-11,14-15H2,1-2H3. The molecule has 0 saturated carbocycles. The Morgan fingerprint density at radius 2 is 1.86 bits per heavy atom. The van der Waals surface area contributed by atoms with Gasteiger partial charge in [0.2, 0.25) is 0 Å². The van der Waals surface area contributed by atoms with Crippen LogP contribution in [-0.2, 0) is 13.1 Å². The van der Waals surface area contributed by atoms with Gasteiger partial charge >= 0.3 is 0 Å². The van der Waals surface area contributed by atoms with E-state index in [0.717, 1.165) is 55.2 Å². The molecule has 1 saturated heterocycles. The van der Waals surface area contributed by atoms with Crippen molar-refractivity contribution in [1.82, 2.24) is 19.6 Å². The summed E-state index contributed by atoms with van der Waals surface area (Å²) in [6.07, 6.45) is 0. The average Bonchev–Trinajstić information content (AvgIpc) is 3.26. The number of hydrogen-bond donors (Lipinski definition) is 0. The van der Waals surface area contributed by atoms with E-state index < -0.39 is 0 Å².